The van der Waals surface area contributed by atoms with Gasteiger partial charge in [0.15, 0.2) is 0 Å². The Kier molecular flexibility index (Phi) is 4.66. The smallest absolute Gasteiger partial charge is 0.264 e. The van der Waals surface area contributed by atoms with Crippen LogP contribution in [0.5, 0.6) is 0 Å². The zero-order chi connectivity index (χ0) is 18.1. The van der Waals surface area contributed by atoms with Crippen LogP contribution in [0.25, 0.3) is 27.1 Å². The van der Waals surface area contributed by atoms with Crippen LogP contribution < -0.4 is 9.88 Å². The second-order valence-electron chi connectivity index (χ2n) is 6.31. The molecule has 4 heteroatoms. The van der Waals surface area contributed by atoms with Gasteiger partial charge in [-0.2, -0.15) is 4.57 Å². The Morgan fingerprint density at radius 1 is 1.08 bits per heavy atom. The molecule has 4 rings (SSSR count). The van der Waals surface area contributed by atoms with Crippen LogP contribution in [0.4, 0.5) is 5.69 Å². The van der Waals surface area contributed by atoms with Gasteiger partial charge in [-0.3, -0.25) is 0 Å². The average Bonchev–Trinajstić information content (AvgIpc) is 2.97. The van der Waals surface area contributed by atoms with Crippen molar-refractivity contribution in [2.24, 2.45) is 0 Å². The van der Waals surface area contributed by atoms with E-state index in [1.165, 1.54) is 26.0 Å². The number of aromatic nitrogens is 1. The minimum absolute atomic E-state index is 0.777. The van der Waals surface area contributed by atoms with E-state index in [9.17, 15) is 0 Å². The summed E-state index contributed by atoms with van der Waals surface area (Å²) in [6.45, 7) is 5.18. The summed E-state index contributed by atoms with van der Waals surface area (Å²) in [5, 5.41) is 8.01. The van der Waals surface area contributed by atoms with E-state index in [4.69, 9.17) is 11.6 Å². The van der Waals surface area contributed by atoms with Crippen LogP contribution in [0.1, 0.15) is 18.9 Å². The molecule has 0 spiro atoms. The number of anilines is 1. The first-order valence-corrected chi connectivity index (χ1v) is 9.89. The van der Waals surface area contributed by atoms with Crippen LogP contribution >= 0.6 is 22.9 Å². The van der Waals surface area contributed by atoms with Crippen LogP contribution in [-0.4, -0.2) is 0 Å². The fourth-order valence-corrected chi connectivity index (χ4v) is 4.60. The van der Waals surface area contributed by atoms with Crippen molar-refractivity contribution in [1.82, 2.24) is 0 Å². The molecular weight excluding hydrogens is 360 g/mol. The number of allylic oxidation sites excluding steroid dienone is 1. The molecule has 0 saturated carbocycles. The average molecular weight is 380 g/mol. The topological polar surface area (TPSA) is 15.9 Å². The molecule has 3 aromatic carbocycles. The third kappa shape index (κ3) is 3.33. The van der Waals surface area contributed by atoms with Crippen LogP contribution in [0.3, 0.4) is 0 Å². The molecule has 0 aliphatic rings. The number of benzene rings is 3. The molecule has 0 amide bonds. The fourth-order valence-electron chi connectivity index (χ4n) is 3.22. The van der Waals surface area contributed by atoms with Crippen LogP contribution in [0.2, 0.25) is 5.02 Å². The van der Waals surface area contributed by atoms with E-state index in [-0.39, 0.29) is 0 Å². The van der Waals surface area contributed by atoms with Crippen molar-refractivity contribution in [2.45, 2.75) is 20.4 Å². The maximum absolute atomic E-state index is 6.18. The van der Waals surface area contributed by atoms with Gasteiger partial charge in [0.25, 0.3) is 5.01 Å². The lowest BCUT2D eigenvalue weighted by molar-refractivity contribution is -0.665. The molecule has 0 aliphatic carbocycles. The summed E-state index contributed by atoms with van der Waals surface area (Å²) in [6, 6.07) is 21.0. The highest BCUT2D eigenvalue weighted by molar-refractivity contribution is 7.18. The SMILES string of the molecule is CC[n+]1c(/C=C(/C)Nc2ccc3ccccc3c2)sc2ccc(Cl)cc21. The monoisotopic (exact) mass is 379 g/mol. The van der Waals surface area contributed by atoms with E-state index in [1.54, 1.807) is 11.3 Å². The van der Waals surface area contributed by atoms with E-state index in [0.717, 1.165) is 23.0 Å². The second kappa shape index (κ2) is 7.10. The molecule has 0 fully saturated rings. The molecule has 1 N–H and O–H groups in total. The molecular formula is C22H20ClN2S+. The van der Waals surface area contributed by atoms with Gasteiger partial charge in [0, 0.05) is 28.5 Å². The quantitative estimate of drug-likeness (QED) is 0.401. The molecule has 0 bridgehead atoms. The molecule has 0 saturated heterocycles. The Morgan fingerprint density at radius 2 is 1.88 bits per heavy atom. The van der Waals surface area contributed by atoms with Gasteiger partial charge < -0.3 is 5.32 Å². The summed E-state index contributed by atoms with van der Waals surface area (Å²) in [5.41, 5.74) is 3.40. The predicted molar refractivity (Wildman–Crippen MR) is 114 cm³/mol. The first-order chi connectivity index (χ1) is 12.6. The maximum Gasteiger partial charge on any atom is 0.264 e. The van der Waals surface area contributed by atoms with Gasteiger partial charge in [-0.15, -0.1) is 0 Å². The number of fused-ring (bicyclic) bond motifs is 2. The maximum atomic E-state index is 6.18. The Labute approximate surface area is 162 Å². The van der Waals surface area contributed by atoms with E-state index in [0.29, 0.717) is 0 Å². The number of hydrogen-bond acceptors (Lipinski definition) is 2. The number of nitrogens with one attached hydrogen (secondary N) is 1. The summed E-state index contributed by atoms with van der Waals surface area (Å²) in [7, 11) is 0. The zero-order valence-corrected chi connectivity index (χ0v) is 16.4. The first kappa shape index (κ1) is 17.1. The van der Waals surface area contributed by atoms with Crippen molar-refractivity contribution >= 4 is 55.7 Å². The van der Waals surface area contributed by atoms with Gasteiger partial charge in [0.05, 0.1) is 0 Å². The molecule has 1 heterocycles. The Bertz CT molecular complexity index is 1130. The van der Waals surface area contributed by atoms with E-state index < -0.39 is 0 Å². The lowest BCUT2D eigenvalue weighted by atomic mass is 10.1. The first-order valence-electron chi connectivity index (χ1n) is 8.70. The molecule has 1 aromatic heterocycles. The van der Waals surface area contributed by atoms with Crippen molar-refractivity contribution in [3.63, 3.8) is 0 Å². The Morgan fingerprint density at radius 3 is 2.69 bits per heavy atom. The molecule has 0 atom stereocenters. The van der Waals surface area contributed by atoms with Gasteiger partial charge in [0.2, 0.25) is 5.52 Å². The standard InChI is InChI=1S/C22H19ClN2S/c1-3-25-20-14-18(23)9-11-21(20)26-22(25)12-15(2)24-19-10-8-16-6-4-5-7-17(16)13-19/h4-14H,3H2,1-2H3/p+1. The van der Waals surface area contributed by atoms with Crippen molar-refractivity contribution in [3.05, 3.63) is 76.4 Å². The number of aryl methyl sites for hydroxylation is 1. The van der Waals surface area contributed by atoms with Crippen molar-refractivity contribution in [2.75, 3.05) is 5.32 Å². The molecule has 2 nitrogen and oxygen atoms in total. The van der Waals surface area contributed by atoms with Gasteiger partial charge in [0.1, 0.15) is 11.2 Å². The zero-order valence-electron chi connectivity index (χ0n) is 14.8. The normalized spacial score (nSPS) is 12.0. The van der Waals surface area contributed by atoms with Crippen molar-refractivity contribution in [1.29, 1.82) is 0 Å². The van der Waals surface area contributed by atoms with Crippen LogP contribution in [0.15, 0.2) is 66.4 Å². The van der Waals surface area contributed by atoms with Gasteiger partial charge in [-0.25, -0.2) is 0 Å². The summed E-state index contributed by atoms with van der Waals surface area (Å²) < 4.78 is 3.55. The van der Waals surface area contributed by atoms with E-state index in [1.807, 2.05) is 12.1 Å². The lowest BCUT2D eigenvalue weighted by Gasteiger charge is -2.07. The molecule has 4 aromatic rings. The van der Waals surface area contributed by atoms with Crippen molar-refractivity contribution in [3.8, 4) is 0 Å². The molecule has 26 heavy (non-hydrogen) atoms. The number of hydrogen-bond donors (Lipinski definition) is 1. The summed E-state index contributed by atoms with van der Waals surface area (Å²) in [4.78, 5) is 0. The summed E-state index contributed by atoms with van der Waals surface area (Å²) in [6.07, 6.45) is 2.21. The Hall–Kier alpha value is -2.36. The van der Waals surface area contributed by atoms with Crippen LogP contribution in [-0.2, 0) is 6.54 Å². The van der Waals surface area contributed by atoms with Gasteiger partial charge in [-0.1, -0.05) is 53.3 Å². The van der Waals surface area contributed by atoms with Gasteiger partial charge in [-0.05, 0) is 48.9 Å². The third-order valence-electron chi connectivity index (χ3n) is 4.44. The molecule has 130 valence electrons. The lowest BCUT2D eigenvalue weighted by Crippen LogP contribution is -2.33. The molecule has 0 unspecified atom stereocenters. The molecule has 0 radical (unpaired) electrons. The molecule has 0 aliphatic heterocycles. The largest absolute Gasteiger partial charge is 0.359 e. The summed E-state index contributed by atoms with van der Waals surface area (Å²) in [5.74, 6) is 0. The highest BCUT2D eigenvalue weighted by atomic mass is 35.5. The van der Waals surface area contributed by atoms with E-state index >= 15 is 0 Å². The highest BCUT2D eigenvalue weighted by Gasteiger charge is 2.17. The number of rotatable bonds is 4. The number of nitrogens with zero attached hydrogens (tertiary/aromatic N) is 1. The van der Waals surface area contributed by atoms with Crippen LogP contribution in [0, 0.1) is 0 Å². The second-order valence-corrected chi connectivity index (χ2v) is 7.81. The third-order valence-corrected chi connectivity index (χ3v) is 5.79. The van der Waals surface area contributed by atoms with E-state index in [2.05, 4.69) is 78.3 Å². The minimum atomic E-state index is 0.777. The number of thiazole rings is 1. The number of halogens is 1. The predicted octanol–water partition coefficient (Wildman–Crippen LogP) is 6.49. The minimum Gasteiger partial charge on any atom is -0.359 e. The summed E-state index contributed by atoms with van der Waals surface area (Å²) >= 11 is 7.97. The van der Waals surface area contributed by atoms with Crippen molar-refractivity contribution < 1.29 is 4.57 Å². The fraction of sp³-hybridized carbons (Fsp3) is 0.136. The van der Waals surface area contributed by atoms with Gasteiger partial charge >= 0.3 is 0 Å². The Balaban J connectivity index is 1.67. The highest BCUT2D eigenvalue weighted by Crippen LogP contribution is 2.26.